The van der Waals surface area contributed by atoms with E-state index in [-0.39, 0.29) is 17.7 Å². The molecule has 1 aliphatic rings. The summed E-state index contributed by atoms with van der Waals surface area (Å²) in [5.74, 6) is 0.259. The molecule has 0 aromatic heterocycles. The number of methoxy groups -OCH3 is 1. The second kappa shape index (κ2) is 5.60. The molecule has 6 nitrogen and oxygen atoms in total. The van der Waals surface area contributed by atoms with Gasteiger partial charge in [-0.2, -0.15) is 0 Å². The van der Waals surface area contributed by atoms with E-state index in [1.165, 1.54) is 0 Å². The van der Waals surface area contributed by atoms with Crippen molar-refractivity contribution in [3.63, 3.8) is 0 Å². The van der Waals surface area contributed by atoms with Crippen molar-refractivity contribution >= 4 is 23.2 Å². The van der Waals surface area contributed by atoms with E-state index in [1.807, 2.05) is 0 Å². The third-order valence-corrected chi connectivity index (χ3v) is 3.15. The number of benzene rings is 1. The van der Waals surface area contributed by atoms with E-state index in [4.69, 9.17) is 10.5 Å². The summed E-state index contributed by atoms with van der Waals surface area (Å²) in [7, 11) is 1.55. The number of carbonyl (C=O) groups excluding carboxylic acids is 2. The fourth-order valence-electron chi connectivity index (χ4n) is 1.96. The van der Waals surface area contributed by atoms with Gasteiger partial charge in [-0.15, -0.1) is 0 Å². The van der Waals surface area contributed by atoms with Crippen molar-refractivity contribution < 1.29 is 14.3 Å². The summed E-state index contributed by atoms with van der Waals surface area (Å²) in [5, 5.41) is 5.45. The van der Waals surface area contributed by atoms with Crippen LogP contribution in [-0.4, -0.2) is 25.5 Å². The third-order valence-electron chi connectivity index (χ3n) is 3.15. The highest BCUT2D eigenvalue weighted by atomic mass is 16.5. The first kappa shape index (κ1) is 13.2. The van der Waals surface area contributed by atoms with Gasteiger partial charge in [0.05, 0.1) is 24.4 Å². The van der Waals surface area contributed by atoms with Crippen molar-refractivity contribution in [3.05, 3.63) is 18.2 Å². The predicted octanol–water partition coefficient (Wildman–Crippen LogP) is 0.742. The van der Waals surface area contributed by atoms with Gasteiger partial charge in [-0.3, -0.25) is 9.59 Å². The van der Waals surface area contributed by atoms with Crippen LogP contribution < -0.4 is 21.1 Å². The molecule has 0 spiro atoms. The summed E-state index contributed by atoms with van der Waals surface area (Å²) in [6.45, 7) is 0.370. The van der Waals surface area contributed by atoms with Crippen LogP contribution >= 0.6 is 0 Å². The number of nitrogens with one attached hydrogen (secondary N) is 2. The monoisotopic (exact) mass is 263 g/mol. The lowest BCUT2D eigenvalue weighted by Crippen LogP contribution is -2.40. The zero-order valence-electron chi connectivity index (χ0n) is 10.7. The standard InChI is InChI=1S/C13H17N3O3/c1-19-9-3-4-10(14)11(6-9)16-13(18)8-2-5-12(17)15-7-8/h3-4,6,8H,2,5,7,14H2,1H3,(H,15,17)(H,16,18). The van der Waals surface area contributed by atoms with Crippen LogP contribution in [0.5, 0.6) is 5.75 Å². The highest BCUT2D eigenvalue weighted by molar-refractivity contribution is 5.96. The first-order valence-electron chi connectivity index (χ1n) is 6.11. The minimum absolute atomic E-state index is 0.00931. The smallest absolute Gasteiger partial charge is 0.229 e. The van der Waals surface area contributed by atoms with E-state index < -0.39 is 0 Å². The number of anilines is 2. The molecule has 19 heavy (non-hydrogen) atoms. The highest BCUT2D eigenvalue weighted by Crippen LogP contribution is 2.25. The van der Waals surface area contributed by atoms with Crippen molar-refractivity contribution in [1.29, 1.82) is 0 Å². The van der Waals surface area contributed by atoms with Crippen LogP contribution in [0.4, 0.5) is 11.4 Å². The number of amides is 2. The van der Waals surface area contributed by atoms with E-state index in [0.717, 1.165) is 0 Å². The quantitative estimate of drug-likeness (QED) is 0.701. The van der Waals surface area contributed by atoms with Crippen LogP contribution in [-0.2, 0) is 9.59 Å². The van der Waals surface area contributed by atoms with Crippen molar-refractivity contribution in [2.45, 2.75) is 12.8 Å². The maximum atomic E-state index is 12.1. The Kier molecular flexibility index (Phi) is 3.89. The maximum Gasteiger partial charge on any atom is 0.229 e. The molecule has 102 valence electrons. The van der Waals surface area contributed by atoms with Crippen LogP contribution in [0.2, 0.25) is 0 Å². The number of hydrogen-bond acceptors (Lipinski definition) is 4. The fraction of sp³-hybridized carbons (Fsp3) is 0.385. The highest BCUT2D eigenvalue weighted by Gasteiger charge is 2.24. The minimum atomic E-state index is -0.219. The average molecular weight is 263 g/mol. The molecule has 0 aliphatic carbocycles. The zero-order valence-corrected chi connectivity index (χ0v) is 10.7. The van der Waals surface area contributed by atoms with Crippen LogP contribution in [0.3, 0.4) is 0 Å². The Morgan fingerprint density at radius 1 is 1.53 bits per heavy atom. The number of nitrogen functional groups attached to an aromatic ring is 1. The molecular weight excluding hydrogens is 246 g/mol. The van der Waals surface area contributed by atoms with E-state index in [9.17, 15) is 9.59 Å². The molecule has 1 saturated heterocycles. The average Bonchev–Trinajstić information content (AvgIpc) is 2.42. The molecule has 1 aromatic rings. The number of nitrogens with two attached hydrogens (primary N) is 1. The summed E-state index contributed by atoms with van der Waals surface area (Å²) in [5.41, 5.74) is 6.81. The number of hydrogen-bond donors (Lipinski definition) is 3. The van der Waals surface area contributed by atoms with Gasteiger partial charge in [0.1, 0.15) is 5.75 Å². The minimum Gasteiger partial charge on any atom is -0.497 e. The fourth-order valence-corrected chi connectivity index (χ4v) is 1.96. The second-order valence-corrected chi connectivity index (χ2v) is 4.48. The Morgan fingerprint density at radius 3 is 2.95 bits per heavy atom. The summed E-state index contributed by atoms with van der Waals surface area (Å²) < 4.78 is 5.09. The zero-order chi connectivity index (χ0) is 13.8. The molecule has 6 heteroatoms. The van der Waals surface area contributed by atoms with Crippen LogP contribution in [0.25, 0.3) is 0 Å². The summed E-state index contributed by atoms with van der Waals surface area (Å²) in [6.07, 6.45) is 0.938. The molecule has 1 aliphatic heterocycles. The normalized spacial score (nSPS) is 18.6. The van der Waals surface area contributed by atoms with Gasteiger partial charge >= 0.3 is 0 Å². The van der Waals surface area contributed by atoms with Gasteiger partial charge in [-0.05, 0) is 18.6 Å². The molecule has 0 bridgehead atoms. The van der Waals surface area contributed by atoms with Gasteiger partial charge < -0.3 is 21.1 Å². The Bertz CT molecular complexity index is 492. The lowest BCUT2D eigenvalue weighted by molar-refractivity contribution is -0.126. The summed E-state index contributed by atoms with van der Waals surface area (Å²) in [4.78, 5) is 23.1. The van der Waals surface area contributed by atoms with E-state index in [2.05, 4.69) is 10.6 Å². The molecule has 4 N–H and O–H groups in total. The number of carbonyl (C=O) groups is 2. The lowest BCUT2D eigenvalue weighted by atomic mass is 9.98. The number of piperidine rings is 1. The van der Waals surface area contributed by atoms with Gasteiger partial charge in [0.25, 0.3) is 0 Å². The number of ether oxygens (including phenoxy) is 1. The van der Waals surface area contributed by atoms with Crippen molar-refractivity contribution in [2.24, 2.45) is 5.92 Å². The van der Waals surface area contributed by atoms with E-state index in [1.54, 1.807) is 25.3 Å². The first-order valence-corrected chi connectivity index (χ1v) is 6.11. The molecular formula is C13H17N3O3. The first-order chi connectivity index (χ1) is 9.10. The molecule has 1 fully saturated rings. The Labute approximate surface area is 111 Å². The van der Waals surface area contributed by atoms with Crippen molar-refractivity contribution in [1.82, 2.24) is 5.32 Å². The van der Waals surface area contributed by atoms with Gasteiger partial charge in [0.15, 0.2) is 0 Å². The van der Waals surface area contributed by atoms with Gasteiger partial charge in [-0.1, -0.05) is 0 Å². The molecule has 2 rings (SSSR count). The van der Waals surface area contributed by atoms with Gasteiger partial charge in [0, 0.05) is 19.0 Å². The summed E-state index contributed by atoms with van der Waals surface area (Å²) >= 11 is 0. The topological polar surface area (TPSA) is 93.4 Å². The summed E-state index contributed by atoms with van der Waals surface area (Å²) in [6, 6.07) is 5.08. The molecule has 0 radical (unpaired) electrons. The van der Waals surface area contributed by atoms with E-state index in [0.29, 0.717) is 36.5 Å². The number of rotatable bonds is 3. The Morgan fingerprint density at radius 2 is 2.32 bits per heavy atom. The molecule has 1 atom stereocenters. The SMILES string of the molecule is COc1ccc(N)c(NC(=O)C2CCC(=O)NC2)c1. The Hall–Kier alpha value is -2.24. The predicted molar refractivity (Wildman–Crippen MR) is 71.8 cm³/mol. The second-order valence-electron chi connectivity index (χ2n) is 4.48. The molecule has 1 unspecified atom stereocenters. The van der Waals surface area contributed by atoms with Crippen LogP contribution in [0, 0.1) is 5.92 Å². The van der Waals surface area contributed by atoms with Gasteiger partial charge in [-0.25, -0.2) is 0 Å². The molecule has 1 aromatic carbocycles. The third kappa shape index (κ3) is 3.15. The van der Waals surface area contributed by atoms with Gasteiger partial charge in [0.2, 0.25) is 11.8 Å². The Balaban J connectivity index is 2.04. The van der Waals surface area contributed by atoms with E-state index >= 15 is 0 Å². The van der Waals surface area contributed by atoms with Crippen molar-refractivity contribution in [2.75, 3.05) is 24.7 Å². The molecule has 2 amide bonds. The molecule has 1 heterocycles. The van der Waals surface area contributed by atoms with Crippen LogP contribution in [0.1, 0.15) is 12.8 Å². The largest absolute Gasteiger partial charge is 0.497 e. The molecule has 0 saturated carbocycles. The van der Waals surface area contributed by atoms with Crippen molar-refractivity contribution in [3.8, 4) is 5.75 Å². The maximum absolute atomic E-state index is 12.1. The van der Waals surface area contributed by atoms with Crippen LogP contribution in [0.15, 0.2) is 18.2 Å². The lowest BCUT2D eigenvalue weighted by Gasteiger charge is -2.22.